The van der Waals surface area contributed by atoms with Gasteiger partial charge in [-0.05, 0) is 6.07 Å². The second-order valence-corrected chi connectivity index (χ2v) is 3.55. The summed E-state index contributed by atoms with van der Waals surface area (Å²) in [4.78, 5) is 10.3. The molecule has 0 spiro atoms. The van der Waals surface area contributed by atoms with Crippen molar-refractivity contribution in [1.29, 1.82) is 0 Å². The number of rotatable bonds is 8. The molecule has 0 aliphatic heterocycles. The normalized spacial score (nSPS) is 9.78. The number of carbonyl (C=O) groups excluding carboxylic acids is 1. The van der Waals surface area contributed by atoms with Gasteiger partial charge in [-0.25, -0.2) is 4.79 Å². The van der Waals surface area contributed by atoms with Crippen LogP contribution in [0.5, 0.6) is 5.75 Å². The molecule has 5 nitrogen and oxygen atoms in total. The van der Waals surface area contributed by atoms with Crippen LogP contribution in [0.25, 0.3) is 0 Å². The van der Waals surface area contributed by atoms with Crippen LogP contribution in [0.15, 0.2) is 36.9 Å². The summed E-state index contributed by atoms with van der Waals surface area (Å²) in [5.74, 6) is 0.820. The van der Waals surface area contributed by atoms with E-state index in [4.69, 9.17) is 10.5 Å². The van der Waals surface area contributed by atoms with Crippen molar-refractivity contribution in [2.24, 2.45) is 5.73 Å². The maximum Gasteiger partial charge on any atom is 0.404 e. The first-order valence-electron chi connectivity index (χ1n) is 5.68. The van der Waals surface area contributed by atoms with Gasteiger partial charge >= 0.3 is 6.09 Å². The van der Waals surface area contributed by atoms with Gasteiger partial charge in [0.1, 0.15) is 19.0 Å². The van der Waals surface area contributed by atoms with Crippen molar-refractivity contribution in [3.05, 3.63) is 42.5 Å². The van der Waals surface area contributed by atoms with Gasteiger partial charge in [0.05, 0.1) is 0 Å². The quantitative estimate of drug-likeness (QED) is 0.541. The molecule has 0 saturated carbocycles. The minimum atomic E-state index is -0.758. The molecule has 0 fully saturated rings. The third-order valence-corrected chi connectivity index (χ3v) is 2.17. The molecule has 1 aromatic carbocycles. The predicted molar refractivity (Wildman–Crippen MR) is 69.4 cm³/mol. The van der Waals surface area contributed by atoms with Gasteiger partial charge in [-0.2, -0.15) is 0 Å². The number of hydrogen-bond donors (Lipinski definition) is 2. The lowest BCUT2D eigenvalue weighted by atomic mass is 10.2. The van der Waals surface area contributed by atoms with Crippen molar-refractivity contribution in [3.8, 4) is 5.75 Å². The number of nitrogens with two attached hydrogens (primary N) is 1. The van der Waals surface area contributed by atoms with E-state index in [1.165, 1.54) is 0 Å². The molecule has 1 rings (SSSR count). The van der Waals surface area contributed by atoms with Gasteiger partial charge in [0.25, 0.3) is 0 Å². The number of benzene rings is 1. The molecule has 1 aromatic rings. The maximum atomic E-state index is 10.3. The average Bonchev–Trinajstić information content (AvgIpc) is 2.36. The summed E-state index contributed by atoms with van der Waals surface area (Å²) >= 11 is 0. The summed E-state index contributed by atoms with van der Waals surface area (Å²) < 4.78 is 10.1. The topological polar surface area (TPSA) is 73.6 Å². The van der Waals surface area contributed by atoms with Crippen LogP contribution in [-0.2, 0) is 11.3 Å². The first-order chi connectivity index (χ1) is 8.74. The van der Waals surface area contributed by atoms with Crippen molar-refractivity contribution in [2.45, 2.75) is 6.54 Å². The molecule has 98 valence electrons. The average molecular weight is 250 g/mol. The number of primary amides is 1. The summed E-state index contributed by atoms with van der Waals surface area (Å²) in [7, 11) is 0. The van der Waals surface area contributed by atoms with Crippen LogP contribution in [0, 0.1) is 0 Å². The Bertz CT molecular complexity index is 394. The number of para-hydroxylation sites is 1. The molecule has 0 aliphatic rings. The third-order valence-electron chi connectivity index (χ3n) is 2.17. The van der Waals surface area contributed by atoms with Crippen LogP contribution in [0.2, 0.25) is 0 Å². The van der Waals surface area contributed by atoms with E-state index in [9.17, 15) is 4.79 Å². The highest BCUT2D eigenvalue weighted by atomic mass is 16.5. The number of hydrogen-bond acceptors (Lipinski definition) is 4. The van der Waals surface area contributed by atoms with Crippen LogP contribution in [0.3, 0.4) is 0 Å². The van der Waals surface area contributed by atoms with Gasteiger partial charge in [0, 0.05) is 18.7 Å². The van der Waals surface area contributed by atoms with Crippen molar-refractivity contribution in [2.75, 3.05) is 19.8 Å². The summed E-state index contributed by atoms with van der Waals surface area (Å²) in [6, 6.07) is 7.73. The molecular formula is C13H18N2O3. The van der Waals surface area contributed by atoms with E-state index in [0.29, 0.717) is 19.7 Å². The van der Waals surface area contributed by atoms with Crippen LogP contribution < -0.4 is 15.8 Å². The van der Waals surface area contributed by atoms with Gasteiger partial charge in [-0.3, -0.25) is 0 Å². The zero-order chi connectivity index (χ0) is 13.2. The summed E-state index contributed by atoms with van der Waals surface area (Å²) in [5.41, 5.74) is 5.89. The molecule has 3 N–H and O–H groups in total. The number of amides is 1. The molecular weight excluding hydrogens is 232 g/mol. The van der Waals surface area contributed by atoms with E-state index in [-0.39, 0.29) is 6.61 Å². The highest BCUT2D eigenvalue weighted by Gasteiger charge is 2.01. The first-order valence-corrected chi connectivity index (χ1v) is 5.68. The predicted octanol–water partition coefficient (Wildman–Crippen LogP) is 1.44. The lowest BCUT2D eigenvalue weighted by molar-refractivity contribution is 0.157. The summed E-state index contributed by atoms with van der Waals surface area (Å²) in [6.45, 7) is 5.51. The highest BCUT2D eigenvalue weighted by molar-refractivity contribution is 5.64. The van der Waals surface area contributed by atoms with Gasteiger partial charge < -0.3 is 20.5 Å². The minimum Gasteiger partial charge on any atom is -0.489 e. The molecule has 0 aromatic heterocycles. The zero-order valence-electron chi connectivity index (χ0n) is 10.2. The van der Waals surface area contributed by atoms with Crippen LogP contribution in [-0.4, -0.2) is 25.9 Å². The van der Waals surface area contributed by atoms with Crippen molar-refractivity contribution in [1.82, 2.24) is 5.32 Å². The van der Waals surface area contributed by atoms with E-state index < -0.39 is 6.09 Å². The molecule has 0 atom stereocenters. The molecule has 0 aliphatic carbocycles. The van der Waals surface area contributed by atoms with Crippen molar-refractivity contribution in [3.63, 3.8) is 0 Å². The monoisotopic (exact) mass is 250 g/mol. The van der Waals surface area contributed by atoms with E-state index in [0.717, 1.165) is 11.3 Å². The zero-order valence-corrected chi connectivity index (χ0v) is 10.2. The number of nitrogens with one attached hydrogen (secondary N) is 1. The molecule has 1 amide bonds. The molecule has 5 heteroatoms. The van der Waals surface area contributed by atoms with E-state index in [1.807, 2.05) is 24.3 Å². The van der Waals surface area contributed by atoms with Gasteiger partial charge in [0.2, 0.25) is 0 Å². The van der Waals surface area contributed by atoms with Gasteiger partial charge in [0.15, 0.2) is 0 Å². The second kappa shape index (κ2) is 8.14. The van der Waals surface area contributed by atoms with Crippen LogP contribution >= 0.6 is 0 Å². The fourth-order valence-electron chi connectivity index (χ4n) is 1.39. The van der Waals surface area contributed by atoms with E-state index in [2.05, 4.69) is 16.6 Å². The Morgan fingerprint density at radius 2 is 2.22 bits per heavy atom. The lowest BCUT2D eigenvalue weighted by Gasteiger charge is -2.10. The third kappa shape index (κ3) is 5.36. The van der Waals surface area contributed by atoms with E-state index >= 15 is 0 Å². The molecule has 0 unspecified atom stereocenters. The van der Waals surface area contributed by atoms with Crippen molar-refractivity contribution >= 4 is 6.09 Å². The Hall–Kier alpha value is -2.01. The number of ether oxygens (including phenoxy) is 2. The minimum absolute atomic E-state index is 0.255. The Kier molecular flexibility index (Phi) is 6.35. The molecule has 0 heterocycles. The van der Waals surface area contributed by atoms with Crippen LogP contribution in [0.1, 0.15) is 5.56 Å². The molecule has 0 saturated heterocycles. The molecule has 0 bridgehead atoms. The Labute approximate surface area is 107 Å². The summed E-state index contributed by atoms with van der Waals surface area (Å²) in [5, 5.41) is 3.14. The summed E-state index contributed by atoms with van der Waals surface area (Å²) in [6.07, 6.45) is 0.941. The molecule has 18 heavy (non-hydrogen) atoms. The Morgan fingerprint density at radius 3 is 2.94 bits per heavy atom. The fourth-order valence-corrected chi connectivity index (χ4v) is 1.39. The van der Waals surface area contributed by atoms with E-state index in [1.54, 1.807) is 6.08 Å². The SMILES string of the molecule is C=CCOc1ccccc1CNCCOC(N)=O. The lowest BCUT2D eigenvalue weighted by Crippen LogP contribution is -2.23. The number of carbonyl (C=O) groups is 1. The smallest absolute Gasteiger partial charge is 0.404 e. The Morgan fingerprint density at radius 1 is 1.44 bits per heavy atom. The highest BCUT2D eigenvalue weighted by Crippen LogP contribution is 2.17. The van der Waals surface area contributed by atoms with Crippen molar-refractivity contribution < 1.29 is 14.3 Å². The fraction of sp³-hybridized carbons (Fsp3) is 0.308. The van der Waals surface area contributed by atoms with Gasteiger partial charge in [-0.15, -0.1) is 0 Å². The second-order valence-electron chi connectivity index (χ2n) is 3.55. The largest absolute Gasteiger partial charge is 0.489 e. The maximum absolute atomic E-state index is 10.3. The first kappa shape index (κ1) is 14.1. The van der Waals surface area contributed by atoms with Gasteiger partial charge in [-0.1, -0.05) is 30.9 Å². The molecule has 0 radical (unpaired) electrons. The van der Waals surface area contributed by atoms with Crippen LogP contribution in [0.4, 0.5) is 4.79 Å². The standard InChI is InChI=1S/C13H18N2O3/c1-2-8-17-12-6-4-3-5-11(12)10-15-7-9-18-13(14)16/h2-6,15H,1,7-10H2,(H2,14,16). The Balaban J connectivity index is 2.36.